The van der Waals surface area contributed by atoms with Crippen LogP contribution >= 0.6 is 10.3 Å². The quantitative estimate of drug-likeness (QED) is 0.423. The average Bonchev–Trinajstić information content (AvgIpc) is 3.23. The van der Waals surface area contributed by atoms with Crippen molar-refractivity contribution < 1.29 is 21.2 Å². The number of rotatable bonds is 8. The highest BCUT2D eigenvalue weighted by molar-refractivity contribution is 8.33. The molecule has 2 aliphatic rings. The molecule has 0 aromatic heterocycles. The van der Waals surface area contributed by atoms with Crippen molar-refractivity contribution in [3.63, 3.8) is 0 Å². The maximum absolute atomic E-state index is 15.4. The molecule has 1 fully saturated rings. The van der Waals surface area contributed by atoms with E-state index < -0.39 is 25.4 Å². The van der Waals surface area contributed by atoms with Gasteiger partial charge in [0, 0.05) is 28.2 Å². The Bertz CT molecular complexity index is 1100. The monoisotopic (exact) mass is 464 g/mol. The fourth-order valence-corrected chi connectivity index (χ4v) is 10.2. The lowest BCUT2D eigenvalue weighted by atomic mass is 10.1. The molecule has 1 saturated heterocycles. The van der Waals surface area contributed by atoms with Gasteiger partial charge in [-0.2, -0.15) is 8.42 Å². The second kappa shape index (κ2) is 8.96. The lowest BCUT2D eigenvalue weighted by Gasteiger charge is -2.37. The number of ether oxygens (including phenoxy) is 1. The Morgan fingerprint density at radius 1 is 1.06 bits per heavy atom. The van der Waals surface area contributed by atoms with Gasteiger partial charge < -0.3 is 4.74 Å². The van der Waals surface area contributed by atoms with E-state index in [1.807, 2.05) is 36.4 Å². The van der Waals surface area contributed by atoms with Crippen LogP contribution in [0, 0.1) is 0 Å². The van der Waals surface area contributed by atoms with Gasteiger partial charge in [0.15, 0.2) is 0 Å². The first-order valence-corrected chi connectivity index (χ1v) is 14.1. The fraction of sp³-hybridized carbons (Fsp3) is 0.417. The van der Waals surface area contributed by atoms with Crippen LogP contribution < -0.4 is 4.74 Å². The maximum Gasteiger partial charge on any atom is 0.316 e. The Balaban J connectivity index is 1.76. The predicted molar refractivity (Wildman–Crippen MR) is 126 cm³/mol. The van der Waals surface area contributed by atoms with E-state index in [0.29, 0.717) is 18.1 Å². The molecule has 1 aliphatic carbocycles. The number of fused-ring (bicyclic) bond motifs is 1. The normalized spacial score (nSPS) is 23.8. The summed E-state index contributed by atoms with van der Waals surface area (Å²) < 4.78 is 53.6. The van der Waals surface area contributed by atoms with Crippen molar-refractivity contribution in [3.05, 3.63) is 60.7 Å². The minimum atomic E-state index is -4.47. The highest BCUT2D eigenvalue weighted by atomic mass is 32.3. The van der Waals surface area contributed by atoms with E-state index >= 15 is 4.39 Å². The van der Waals surface area contributed by atoms with Crippen LogP contribution in [-0.4, -0.2) is 31.5 Å². The van der Waals surface area contributed by atoms with Gasteiger partial charge in [0.1, 0.15) is 5.75 Å². The van der Waals surface area contributed by atoms with Crippen LogP contribution in [-0.2, 0) is 13.7 Å². The Morgan fingerprint density at radius 2 is 1.81 bits per heavy atom. The van der Waals surface area contributed by atoms with E-state index in [9.17, 15) is 8.42 Å². The summed E-state index contributed by atoms with van der Waals surface area (Å²) >= 11 is 0. The van der Waals surface area contributed by atoms with E-state index in [1.165, 1.54) is 12.2 Å². The summed E-state index contributed by atoms with van der Waals surface area (Å²) in [4.78, 5) is 0.867. The number of benzene rings is 2. The van der Waals surface area contributed by atoms with Gasteiger partial charge in [0.05, 0.1) is 6.61 Å². The van der Waals surface area contributed by atoms with Crippen molar-refractivity contribution >= 4 is 31.2 Å². The summed E-state index contributed by atoms with van der Waals surface area (Å²) in [6.07, 6.45) is 9.20. The summed E-state index contributed by atoms with van der Waals surface area (Å²) in [7, 11) is -6.66. The Hall–Kier alpha value is -1.83. The van der Waals surface area contributed by atoms with Gasteiger partial charge in [-0.05, 0) is 42.9 Å². The van der Waals surface area contributed by atoms with Gasteiger partial charge in [0.2, 0.25) is 0 Å². The van der Waals surface area contributed by atoms with Crippen LogP contribution in [0.25, 0.3) is 10.8 Å². The van der Waals surface area contributed by atoms with E-state index in [-0.39, 0.29) is 6.42 Å². The van der Waals surface area contributed by atoms with Gasteiger partial charge in [-0.15, -0.1) is 0 Å². The molecular formula is C24H29FO4S2. The molecule has 31 heavy (non-hydrogen) atoms. The SMILES string of the molecule is CCCCOc1ccc(S2(OS(=O)(=O)C3(F)C=CC=CC3)CCCC2)c2ccccc12. The lowest BCUT2D eigenvalue weighted by Crippen LogP contribution is -2.34. The van der Waals surface area contributed by atoms with Crippen LogP contribution in [0.5, 0.6) is 5.75 Å². The highest BCUT2D eigenvalue weighted by Crippen LogP contribution is 2.65. The number of alkyl halides is 1. The third kappa shape index (κ3) is 4.28. The molecule has 1 unspecified atom stereocenters. The molecule has 0 saturated carbocycles. The molecule has 1 heterocycles. The van der Waals surface area contributed by atoms with Crippen LogP contribution in [0.2, 0.25) is 0 Å². The smallest absolute Gasteiger partial charge is 0.316 e. The van der Waals surface area contributed by atoms with Gasteiger partial charge in [0.25, 0.3) is 5.00 Å². The molecule has 4 nitrogen and oxygen atoms in total. The summed E-state index contributed by atoms with van der Waals surface area (Å²) in [5.41, 5.74) is 0. The zero-order valence-corrected chi connectivity index (χ0v) is 19.4. The third-order valence-corrected chi connectivity index (χ3v) is 11.8. The van der Waals surface area contributed by atoms with E-state index in [0.717, 1.165) is 53.2 Å². The minimum absolute atomic E-state index is 0.230. The summed E-state index contributed by atoms with van der Waals surface area (Å²) in [5, 5.41) is -0.662. The van der Waals surface area contributed by atoms with Crippen LogP contribution in [0.3, 0.4) is 0 Å². The van der Waals surface area contributed by atoms with Gasteiger partial charge in [-0.25, -0.2) is 8.02 Å². The number of hydrogen-bond donors (Lipinski definition) is 0. The van der Waals surface area contributed by atoms with Gasteiger partial charge in [-0.3, -0.25) is 0 Å². The average molecular weight is 465 g/mol. The standard InChI is InChI=1S/C24H29FO4S2/c1-2-3-17-28-22-13-14-23(21-12-6-5-11-20(21)22)30(18-9-10-19-30)29-31(26,27)24(25)15-7-4-8-16-24/h4-8,11-15H,2-3,9-10,16-19H2,1H3. The molecule has 0 amide bonds. The van der Waals surface area contributed by atoms with Crippen molar-refractivity contribution in [2.45, 2.75) is 48.9 Å². The molecule has 2 aromatic carbocycles. The first kappa shape index (κ1) is 22.4. The Morgan fingerprint density at radius 3 is 2.48 bits per heavy atom. The topological polar surface area (TPSA) is 52.6 Å². The minimum Gasteiger partial charge on any atom is -0.493 e. The lowest BCUT2D eigenvalue weighted by molar-refractivity contribution is 0.307. The second-order valence-electron chi connectivity index (χ2n) is 8.04. The Labute approximate surface area is 185 Å². The predicted octanol–water partition coefficient (Wildman–Crippen LogP) is 6.42. The van der Waals surface area contributed by atoms with E-state index in [2.05, 4.69) is 6.92 Å². The van der Waals surface area contributed by atoms with Gasteiger partial charge in [-0.1, -0.05) is 66.1 Å². The molecule has 4 rings (SSSR count). The number of allylic oxidation sites excluding steroid dienone is 3. The number of halogens is 1. The van der Waals surface area contributed by atoms with Gasteiger partial charge >= 0.3 is 10.1 Å². The fourth-order valence-electron chi connectivity index (χ4n) is 4.11. The summed E-state index contributed by atoms with van der Waals surface area (Å²) in [6, 6.07) is 11.7. The molecule has 0 N–H and O–H groups in total. The van der Waals surface area contributed by atoms with E-state index in [4.69, 9.17) is 8.37 Å². The Kier molecular flexibility index (Phi) is 6.47. The molecular weight excluding hydrogens is 435 g/mol. The molecule has 7 heteroatoms. The molecule has 1 aliphatic heterocycles. The van der Waals surface area contributed by atoms with E-state index in [1.54, 1.807) is 6.08 Å². The van der Waals surface area contributed by atoms with Crippen molar-refractivity contribution in [1.82, 2.24) is 0 Å². The molecule has 168 valence electrons. The van der Waals surface area contributed by atoms with Crippen molar-refractivity contribution in [1.29, 1.82) is 0 Å². The van der Waals surface area contributed by atoms with Crippen LogP contribution in [0.4, 0.5) is 4.39 Å². The zero-order chi connectivity index (χ0) is 22.0. The highest BCUT2D eigenvalue weighted by Gasteiger charge is 2.48. The van der Waals surface area contributed by atoms with Crippen LogP contribution in [0.1, 0.15) is 39.0 Å². The molecule has 1 atom stereocenters. The molecule has 2 aromatic rings. The summed E-state index contributed by atoms with van der Waals surface area (Å²) in [6.45, 7) is 2.75. The zero-order valence-electron chi connectivity index (χ0n) is 17.8. The van der Waals surface area contributed by atoms with Crippen LogP contribution in [0.15, 0.2) is 65.6 Å². The second-order valence-corrected chi connectivity index (χ2v) is 13.0. The molecule has 0 spiro atoms. The maximum atomic E-state index is 15.4. The first-order chi connectivity index (χ1) is 14.9. The third-order valence-electron chi connectivity index (χ3n) is 5.82. The largest absolute Gasteiger partial charge is 0.493 e. The number of unbranched alkanes of at least 4 members (excludes halogenated alkanes) is 1. The molecule has 0 bridgehead atoms. The van der Waals surface area contributed by atoms with Crippen molar-refractivity contribution in [3.8, 4) is 5.75 Å². The van der Waals surface area contributed by atoms with Crippen molar-refractivity contribution in [2.24, 2.45) is 0 Å². The summed E-state index contributed by atoms with van der Waals surface area (Å²) in [5.74, 6) is 2.01. The molecule has 0 radical (unpaired) electrons. The number of hydrogen-bond acceptors (Lipinski definition) is 4. The van der Waals surface area contributed by atoms with Crippen molar-refractivity contribution in [2.75, 3.05) is 18.1 Å². The first-order valence-electron chi connectivity index (χ1n) is 10.8.